The van der Waals surface area contributed by atoms with E-state index in [1.54, 1.807) is 0 Å². The monoisotopic (exact) mass is 254 g/mol. The minimum absolute atomic E-state index is 0.357. The molecule has 0 aromatic heterocycles. The first-order valence-electron chi connectivity index (χ1n) is 7.82. The molecule has 0 aromatic rings. The standard InChI is InChI=1S/C16H34N2/c1-7-9-10-11-18-12-14(15(3,4)5)17-13-16(18,6)8-2/h14,17H,7-13H2,1-6H3. The molecule has 2 unspecified atom stereocenters. The molecule has 0 radical (unpaired) electrons. The van der Waals surface area contributed by atoms with Crippen molar-refractivity contribution in [2.75, 3.05) is 19.6 Å². The zero-order chi connectivity index (χ0) is 13.8. The van der Waals surface area contributed by atoms with Crippen molar-refractivity contribution in [3.05, 3.63) is 0 Å². The molecule has 1 N–H and O–H groups in total. The predicted octanol–water partition coefficient (Wildman–Crippen LogP) is 3.67. The zero-order valence-corrected chi connectivity index (χ0v) is 13.5. The summed E-state index contributed by atoms with van der Waals surface area (Å²) in [6.45, 7) is 17.7. The number of hydrogen-bond acceptors (Lipinski definition) is 2. The van der Waals surface area contributed by atoms with Crippen molar-refractivity contribution in [1.29, 1.82) is 0 Å². The lowest BCUT2D eigenvalue weighted by Gasteiger charge is -2.51. The third-order valence-corrected chi connectivity index (χ3v) is 4.73. The molecule has 108 valence electrons. The molecule has 0 saturated carbocycles. The molecule has 2 nitrogen and oxygen atoms in total. The van der Waals surface area contributed by atoms with Crippen molar-refractivity contribution in [3.8, 4) is 0 Å². The van der Waals surface area contributed by atoms with Crippen LogP contribution in [-0.4, -0.2) is 36.1 Å². The maximum Gasteiger partial charge on any atom is 0.0303 e. The van der Waals surface area contributed by atoms with Crippen LogP contribution >= 0.6 is 0 Å². The Morgan fingerprint density at radius 1 is 1.22 bits per heavy atom. The van der Waals surface area contributed by atoms with Crippen LogP contribution in [0, 0.1) is 5.41 Å². The van der Waals surface area contributed by atoms with Gasteiger partial charge in [0.2, 0.25) is 0 Å². The molecular formula is C16H34N2. The maximum absolute atomic E-state index is 3.78. The van der Waals surface area contributed by atoms with Crippen LogP contribution in [0.2, 0.25) is 0 Å². The summed E-state index contributed by atoms with van der Waals surface area (Å²) < 4.78 is 0. The van der Waals surface area contributed by atoms with Gasteiger partial charge in [0.05, 0.1) is 0 Å². The van der Waals surface area contributed by atoms with Crippen molar-refractivity contribution in [1.82, 2.24) is 10.2 Å². The summed E-state index contributed by atoms with van der Waals surface area (Å²) in [7, 11) is 0. The van der Waals surface area contributed by atoms with Crippen LogP contribution in [0.3, 0.4) is 0 Å². The molecule has 1 aliphatic rings. The number of rotatable bonds is 5. The predicted molar refractivity (Wildman–Crippen MR) is 81.0 cm³/mol. The van der Waals surface area contributed by atoms with E-state index in [1.165, 1.54) is 38.8 Å². The third-order valence-electron chi connectivity index (χ3n) is 4.73. The molecule has 1 heterocycles. The lowest BCUT2D eigenvalue weighted by Crippen LogP contribution is -2.65. The van der Waals surface area contributed by atoms with Gasteiger partial charge in [0, 0.05) is 24.7 Å². The molecular weight excluding hydrogens is 220 g/mol. The molecule has 2 heteroatoms. The zero-order valence-electron chi connectivity index (χ0n) is 13.5. The van der Waals surface area contributed by atoms with E-state index in [2.05, 4.69) is 51.8 Å². The van der Waals surface area contributed by atoms with Gasteiger partial charge in [-0.1, -0.05) is 47.5 Å². The maximum atomic E-state index is 3.78. The Balaban J connectivity index is 2.65. The van der Waals surface area contributed by atoms with Crippen LogP contribution in [0.15, 0.2) is 0 Å². The van der Waals surface area contributed by atoms with Gasteiger partial charge in [-0.05, 0) is 31.7 Å². The van der Waals surface area contributed by atoms with Gasteiger partial charge >= 0.3 is 0 Å². The number of nitrogens with zero attached hydrogens (tertiary/aromatic N) is 1. The fraction of sp³-hybridized carbons (Fsp3) is 1.00. The van der Waals surface area contributed by atoms with E-state index in [4.69, 9.17) is 0 Å². The molecule has 2 atom stereocenters. The van der Waals surface area contributed by atoms with Crippen molar-refractivity contribution < 1.29 is 0 Å². The second kappa shape index (κ2) is 6.38. The first kappa shape index (κ1) is 16.0. The second-order valence-corrected chi connectivity index (χ2v) is 7.30. The largest absolute Gasteiger partial charge is 0.310 e. The summed E-state index contributed by atoms with van der Waals surface area (Å²) in [5, 5.41) is 3.78. The van der Waals surface area contributed by atoms with Crippen molar-refractivity contribution in [2.24, 2.45) is 5.41 Å². The van der Waals surface area contributed by atoms with Crippen LogP contribution in [0.1, 0.15) is 67.2 Å². The smallest absolute Gasteiger partial charge is 0.0303 e. The topological polar surface area (TPSA) is 15.3 Å². The second-order valence-electron chi connectivity index (χ2n) is 7.30. The van der Waals surface area contributed by atoms with Crippen LogP contribution in [-0.2, 0) is 0 Å². The average molecular weight is 254 g/mol. The Hall–Kier alpha value is -0.0800. The Morgan fingerprint density at radius 2 is 1.89 bits per heavy atom. The molecule has 0 bridgehead atoms. The van der Waals surface area contributed by atoms with E-state index in [-0.39, 0.29) is 0 Å². The highest BCUT2D eigenvalue weighted by Gasteiger charge is 2.39. The molecule has 0 aliphatic carbocycles. The average Bonchev–Trinajstić information content (AvgIpc) is 2.30. The fourth-order valence-corrected chi connectivity index (χ4v) is 2.80. The van der Waals surface area contributed by atoms with E-state index < -0.39 is 0 Å². The Labute approximate surface area is 115 Å². The Kier molecular flexibility index (Phi) is 5.67. The van der Waals surface area contributed by atoms with Gasteiger partial charge in [-0.15, -0.1) is 0 Å². The molecule has 1 fully saturated rings. The molecule has 1 saturated heterocycles. The first-order valence-corrected chi connectivity index (χ1v) is 7.82. The van der Waals surface area contributed by atoms with Gasteiger partial charge < -0.3 is 5.32 Å². The highest BCUT2D eigenvalue weighted by Crippen LogP contribution is 2.29. The quantitative estimate of drug-likeness (QED) is 0.753. The van der Waals surface area contributed by atoms with Crippen LogP contribution in [0.5, 0.6) is 0 Å². The fourth-order valence-electron chi connectivity index (χ4n) is 2.80. The lowest BCUT2D eigenvalue weighted by molar-refractivity contribution is 0.0210. The minimum Gasteiger partial charge on any atom is -0.310 e. The summed E-state index contributed by atoms with van der Waals surface area (Å²) in [4.78, 5) is 2.75. The van der Waals surface area contributed by atoms with E-state index in [0.29, 0.717) is 17.0 Å². The minimum atomic E-state index is 0.357. The van der Waals surface area contributed by atoms with Crippen LogP contribution < -0.4 is 5.32 Å². The lowest BCUT2D eigenvalue weighted by atomic mass is 9.81. The van der Waals surface area contributed by atoms with Crippen molar-refractivity contribution in [3.63, 3.8) is 0 Å². The van der Waals surface area contributed by atoms with E-state index >= 15 is 0 Å². The first-order chi connectivity index (χ1) is 8.33. The molecule has 1 aliphatic heterocycles. The van der Waals surface area contributed by atoms with Crippen LogP contribution in [0.25, 0.3) is 0 Å². The summed E-state index contributed by atoms with van der Waals surface area (Å²) in [5.41, 5.74) is 0.716. The Bertz CT molecular complexity index is 244. The van der Waals surface area contributed by atoms with E-state index in [1.807, 2.05) is 0 Å². The van der Waals surface area contributed by atoms with Gasteiger partial charge in [0.1, 0.15) is 0 Å². The summed E-state index contributed by atoms with van der Waals surface area (Å²) in [6, 6.07) is 0.624. The van der Waals surface area contributed by atoms with Gasteiger partial charge in [0.15, 0.2) is 0 Å². The van der Waals surface area contributed by atoms with Gasteiger partial charge in [-0.25, -0.2) is 0 Å². The molecule has 0 aromatic carbocycles. The highest BCUT2D eigenvalue weighted by atomic mass is 15.3. The van der Waals surface area contributed by atoms with Crippen molar-refractivity contribution in [2.45, 2.75) is 78.8 Å². The number of unbranched alkanes of at least 4 members (excludes halogenated alkanes) is 2. The van der Waals surface area contributed by atoms with Gasteiger partial charge in [-0.2, -0.15) is 0 Å². The third kappa shape index (κ3) is 3.96. The molecule has 18 heavy (non-hydrogen) atoms. The van der Waals surface area contributed by atoms with E-state index in [0.717, 1.165) is 6.54 Å². The van der Waals surface area contributed by atoms with Gasteiger partial charge in [-0.3, -0.25) is 4.90 Å². The van der Waals surface area contributed by atoms with Crippen molar-refractivity contribution >= 4 is 0 Å². The number of nitrogens with one attached hydrogen (secondary N) is 1. The Morgan fingerprint density at radius 3 is 2.39 bits per heavy atom. The van der Waals surface area contributed by atoms with Crippen LogP contribution in [0.4, 0.5) is 0 Å². The molecule has 0 amide bonds. The number of piperazine rings is 1. The number of hydrogen-bond donors (Lipinski definition) is 1. The SMILES string of the molecule is CCCCCN1CC(C(C)(C)C)NCC1(C)CC. The summed E-state index contributed by atoms with van der Waals surface area (Å²) >= 11 is 0. The summed E-state index contributed by atoms with van der Waals surface area (Å²) in [6.07, 6.45) is 5.27. The molecule has 1 rings (SSSR count). The normalized spacial score (nSPS) is 30.7. The highest BCUT2D eigenvalue weighted by molar-refractivity contribution is 4.98. The van der Waals surface area contributed by atoms with Gasteiger partial charge in [0.25, 0.3) is 0 Å². The summed E-state index contributed by atoms with van der Waals surface area (Å²) in [5.74, 6) is 0. The molecule has 0 spiro atoms. The van der Waals surface area contributed by atoms with E-state index in [9.17, 15) is 0 Å².